The molecule has 106 valence electrons. The van der Waals surface area contributed by atoms with E-state index in [1.54, 1.807) is 0 Å². The Balaban J connectivity index is 1.78. The summed E-state index contributed by atoms with van der Waals surface area (Å²) < 4.78 is 5.90. The van der Waals surface area contributed by atoms with Gasteiger partial charge in [0.25, 0.3) is 0 Å². The molecule has 1 aromatic rings. The van der Waals surface area contributed by atoms with Gasteiger partial charge >= 0.3 is 0 Å². The molecule has 2 nitrogen and oxygen atoms in total. The Labute approximate surface area is 117 Å². The molecule has 0 heterocycles. The third-order valence-electron chi connectivity index (χ3n) is 4.52. The van der Waals surface area contributed by atoms with Gasteiger partial charge in [0.05, 0.1) is 6.61 Å². The highest BCUT2D eigenvalue weighted by atomic mass is 16.5. The normalized spacial score (nSPS) is 18.3. The van der Waals surface area contributed by atoms with Crippen molar-refractivity contribution in [3.8, 4) is 5.75 Å². The van der Waals surface area contributed by atoms with Crippen LogP contribution >= 0.6 is 0 Å². The maximum absolute atomic E-state index is 6.30. The summed E-state index contributed by atoms with van der Waals surface area (Å²) in [5.74, 6) is 1.73. The first-order valence-electron chi connectivity index (χ1n) is 7.63. The number of aryl methyl sites for hydroxylation is 1. The average Bonchev–Trinajstić information content (AvgIpc) is 2.44. The standard InChI is InChI=1S/C17H27NO/c1-13-7-6-10-17(14(13)2)19-12-11-16(18)15-8-4-3-5-9-15/h6-7,10,15-16H,3-5,8-9,11-12,18H2,1-2H3. The number of ether oxygens (including phenoxy) is 1. The first kappa shape index (κ1) is 14.4. The molecule has 0 aliphatic heterocycles. The van der Waals surface area contributed by atoms with E-state index in [0.29, 0.717) is 6.04 Å². The van der Waals surface area contributed by atoms with Crippen molar-refractivity contribution >= 4 is 0 Å². The molecule has 1 aromatic carbocycles. The predicted molar refractivity (Wildman–Crippen MR) is 80.6 cm³/mol. The molecule has 1 aliphatic rings. The van der Waals surface area contributed by atoms with Gasteiger partial charge in [-0.2, -0.15) is 0 Å². The Kier molecular flexibility index (Phi) is 5.26. The fraction of sp³-hybridized carbons (Fsp3) is 0.647. The molecule has 2 heteroatoms. The molecule has 2 N–H and O–H groups in total. The summed E-state index contributed by atoms with van der Waals surface area (Å²) in [4.78, 5) is 0. The number of benzene rings is 1. The molecule has 2 rings (SSSR count). The molecule has 19 heavy (non-hydrogen) atoms. The van der Waals surface area contributed by atoms with Gasteiger partial charge in [-0.15, -0.1) is 0 Å². The van der Waals surface area contributed by atoms with Crippen molar-refractivity contribution in [2.45, 2.75) is 58.4 Å². The minimum Gasteiger partial charge on any atom is -0.493 e. The van der Waals surface area contributed by atoms with E-state index in [2.05, 4.69) is 32.0 Å². The second-order valence-corrected chi connectivity index (χ2v) is 5.90. The van der Waals surface area contributed by atoms with E-state index in [4.69, 9.17) is 10.5 Å². The minimum absolute atomic E-state index is 0.311. The van der Waals surface area contributed by atoms with Gasteiger partial charge in [-0.25, -0.2) is 0 Å². The lowest BCUT2D eigenvalue weighted by Gasteiger charge is -2.27. The zero-order chi connectivity index (χ0) is 13.7. The zero-order valence-electron chi connectivity index (χ0n) is 12.3. The summed E-state index contributed by atoms with van der Waals surface area (Å²) in [5, 5.41) is 0. The van der Waals surface area contributed by atoms with E-state index in [-0.39, 0.29) is 0 Å². The molecule has 1 fully saturated rings. The maximum Gasteiger partial charge on any atom is 0.122 e. The van der Waals surface area contributed by atoms with Crippen molar-refractivity contribution < 1.29 is 4.74 Å². The topological polar surface area (TPSA) is 35.2 Å². The van der Waals surface area contributed by atoms with Crippen LogP contribution in [0.15, 0.2) is 18.2 Å². The van der Waals surface area contributed by atoms with Gasteiger partial charge in [-0.1, -0.05) is 31.4 Å². The van der Waals surface area contributed by atoms with Crippen LogP contribution in [0.5, 0.6) is 5.75 Å². The molecular weight excluding hydrogens is 234 g/mol. The lowest BCUT2D eigenvalue weighted by Crippen LogP contribution is -2.33. The second-order valence-electron chi connectivity index (χ2n) is 5.90. The zero-order valence-corrected chi connectivity index (χ0v) is 12.3. The van der Waals surface area contributed by atoms with Crippen molar-refractivity contribution in [2.75, 3.05) is 6.61 Å². The number of nitrogens with two attached hydrogens (primary N) is 1. The summed E-state index contributed by atoms with van der Waals surface area (Å²) in [6.07, 6.45) is 7.70. The maximum atomic E-state index is 6.30. The van der Waals surface area contributed by atoms with Crippen LogP contribution in [0.25, 0.3) is 0 Å². The highest BCUT2D eigenvalue weighted by molar-refractivity contribution is 5.38. The molecule has 1 saturated carbocycles. The van der Waals surface area contributed by atoms with Crippen LogP contribution < -0.4 is 10.5 Å². The predicted octanol–water partition coefficient (Wildman–Crippen LogP) is 3.98. The molecule has 0 aromatic heterocycles. The first-order valence-corrected chi connectivity index (χ1v) is 7.63. The molecule has 1 aliphatic carbocycles. The van der Waals surface area contributed by atoms with E-state index in [0.717, 1.165) is 24.7 Å². The number of hydrogen-bond donors (Lipinski definition) is 1. The van der Waals surface area contributed by atoms with Gasteiger partial charge in [0.1, 0.15) is 5.75 Å². The Morgan fingerprint density at radius 1 is 1.21 bits per heavy atom. The highest BCUT2D eigenvalue weighted by Crippen LogP contribution is 2.27. The number of hydrogen-bond acceptors (Lipinski definition) is 2. The van der Waals surface area contributed by atoms with Crippen molar-refractivity contribution in [1.82, 2.24) is 0 Å². The summed E-state index contributed by atoms with van der Waals surface area (Å²) in [6, 6.07) is 6.54. The van der Waals surface area contributed by atoms with E-state index in [1.165, 1.54) is 43.2 Å². The summed E-state index contributed by atoms with van der Waals surface area (Å²) >= 11 is 0. The Morgan fingerprint density at radius 2 is 1.95 bits per heavy atom. The van der Waals surface area contributed by atoms with Crippen LogP contribution in [0.2, 0.25) is 0 Å². The summed E-state index contributed by atoms with van der Waals surface area (Å²) in [7, 11) is 0. The van der Waals surface area contributed by atoms with E-state index in [1.807, 2.05) is 0 Å². The fourth-order valence-corrected chi connectivity index (χ4v) is 2.98. The Morgan fingerprint density at radius 3 is 2.68 bits per heavy atom. The van der Waals surface area contributed by atoms with Gasteiger partial charge < -0.3 is 10.5 Å². The minimum atomic E-state index is 0.311. The summed E-state index contributed by atoms with van der Waals surface area (Å²) in [6.45, 7) is 4.98. The van der Waals surface area contributed by atoms with E-state index < -0.39 is 0 Å². The average molecular weight is 261 g/mol. The Hall–Kier alpha value is -1.02. The van der Waals surface area contributed by atoms with Crippen molar-refractivity contribution in [1.29, 1.82) is 0 Å². The summed E-state index contributed by atoms with van der Waals surface area (Å²) in [5.41, 5.74) is 8.83. The van der Waals surface area contributed by atoms with Gasteiger partial charge in [-0.05, 0) is 56.2 Å². The van der Waals surface area contributed by atoms with Gasteiger partial charge in [0, 0.05) is 6.04 Å². The quantitative estimate of drug-likeness (QED) is 0.870. The number of rotatable bonds is 5. The molecule has 0 bridgehead atoms. The molecule has 1 atom stereocenters. The molecule has 0 spiro atoms. The third kappa shape index (κ3) is 3.97. The SMILES string of the molecule is Cc1cccc(OCCC(N)C2CCCCC2)c1C. The van der Waals surface area contributed by atoms with Crippen LogP contribution in [0.4, 0.5) is 0 Å². The third-order valence-corrected chi connectivity index (χ3v) is 4.52. The van der Waals surface area contributed by atoms with Crippen LogP contribution in [0, 0.1) is 19.8 Å². The van der Waals surface area contributed by atoms with Crippen molar-refractivity contribution in [2.24, 2.45) is 11.7 Å². The second kappa shape index (κ2) is 6.95. The van der Waals surface area contributed by atoms with Gasteiger partial charge in [-0.3, -0.25) is 0 Å². The molecule has 0 radical (unpaired) electrons. The largest absolute Gasteiger partial charge is 0.493 e. The van der Waals surface area contributed by atoms with Crippen LogP contribution in [0.3, 0.4) is 0 Å². The van der Waals surface area contributed by atoms with Gasteiger partial charge in [0.15, 0.2) is 0 Å². The fourth-order valence-electron chi connectivity index (χ4n) is 2.98. The van der Waals surface area contributed by atoms with Crippen LogP contribution in [-0.2, 0) is 0 Å². The van der Waals surface area contributed by atoms with Crippen LogP contribution in [-0.4, -0.2) is 12.6 Å². The van der Waals surface area contributed by atoms with Crippen molar-refractivity contribution in [3.05, 3.63) is 29.3 Å². The molecular formula is C17H27NO. The highest BCUT2D eigenvalue weighted by Gasteiger charge is 2.20. The van der Waals surface area contributed by atoms with Crippen LogP contribution in [0.1, 0.15) is 49.7 Å². The lowest BCUT2D eigenvalue weighted by molar-refractivity contribution is 0.242. The van der Waals surface area contributed by atoms with Gasteiger partial charge in [0.2, 0.25) is 0 Å². The monoisotopic (exact) mass is 261 g/mol. The molecule has 0 saturated heterocycles. The van der Waals surface area contributed by atoms with Crippen molar-refractivity contribution in [3.63, 3.8) is 0 Å². The van der Waals surface area contributed by atoms with E-state index >= 15 is 0 Å². The molecule has 0 amide bonds. The first-order chi connectivity index (χ1) is 9.18. The smallest absolute Gasteiger partial charge is 0.122 e. The molecule has 1 unspecified atom stereocenters. The Bertz CT molecular complexity index is 396. The lowest BCUT2D eigenvalue weighted by atomic mass is 9.83. The van der Waals surface area contributed by atoms with E-state index in [9.17, 15) is 0 Å².